The minimum absolute atomic E-state index is 0.0480. The summed E-state index contributed by atoms with van der Waals surface area (Å²) in [4.78, 5) is 60.8. The minimum Gasteiger partial charge on any atom is -0.491 e. The second-order valence-corrected chi connectivity index (χ2v) is 11.0. The zero-order valence-corrected chi connectivity index (χ0v) is 29.7. The summed E-state index contributed by atoms with van der Waals surface area (Å²) >= 11 is 0. The molecule has 270 valence electrons. The Morgan fingerprint density at radius 2 is 0.889 bits per heavy atom. The molecule has 11 heteroatoms. The molecule has 0 atom stereocenters. The highest BCUT2D eigenvalue weighted by Gasteiger charge is 2.31. The van der Waals surface area contributed by atoms with Gasteiger partial charge in [0.15, 0.2) is 23.0 Å². The highest BCUT2D eigenvalue weighted by molar-refractivity contribution is 6.33. The van der Waals surface area contributed by atoms with E-state index in [0.717, 1.165) is 30.2 Å². The van der Waals surface area contributed by atoms with Crippen LogP contribution in [0.1, 0.15) is 36.1 Å². The van der Waals surface area contributed by atoms with E-state index in [1.54, 1.807) is 48.5 Å². The molecule has 0 saturated heterocycles. The van der Waals surface area contributed by atoms with E-state index in [9.17, 15) is 24.0 Å². The second kappa shape index (κ2) is 18.0. The van der Waals surface area contributed by atoms with Crippen molar-refractivity contribution in [2.24, 2.45) is 0 Å². The number of Topliss-reactive ketones (excluding diaryl/α,β-unsaturated/α-hetero) is 1. The van der Waals surface area contributed by atoms with Gasteiger partial charge in [0.05, 0.1) is 14.2 Å². The molecular formula is C43H32O11. The monoisotopic (exact) mass is 724 g/mol. The molecule has 0 amide bonds. The van der Waals surface area contributed by atoms with Crippen LogP contribution >= 0.6 is 0 Å². The van der Waals surface area contributed by atoms with Gasteiger partial charge in [-0.25, -0.2) is 19.2 Å². The first kappa shape index (κ1) is 39.2. The molecule has 0 bridgehead atoms. The number of rotatable bonds is 11. The van der Waals surface area contributed by atoms with Crippen LogP contribution in [0, 0.1) is 23.7 Å². The van der Waals surface area contributed by atoms with Gasteiger partial charge in [0.2, 0.25) is 5.78 Å². The first-order chi connectivity index (χ1) is 25.9. The molecule has 0 spiro atoms. The van der Waals surface area contributed by atoms with Gasteiger partial charge < -0.3 is 28.4 Å². The van der Waals surface area contributed by atoms with Crippen molar-refractivity contribution in [1.29, 1.82) is 0 Å². The van der Waals surface area contributed by atoms with Crippen LogP contribution in [0.15, 0.2) is 110 Å². The number of esters is 4. The minimum atomic E-state index is -1.23. The van der Waals surface area contributed by atoms with Crippen LogP contribution in [0.25, 0.3) is 11.1 Å². The molecule has 0 aliphatic rings. The van der Waals surface area contributed by atoms with Crippen molar-refractivity contribution in [3.8, 4) is 69.3 Å². The summed E-state index contributed by atoms with van der Waals surface area (Å²) in [5, 5.41) is 0. The lowest BCUT2D eigenvalue weighted by Crippen LogP contribution is -2.19. The van der Waals surface area contributed by atoms with Gasteiger partial charge in [-0.3, -0.25) is 4.79 Å². The lowest BCUT2D eigenvalue weighted by molar-refractivity contribution is -0.146. The Bertz CT molecular complexity index is 2290. The molecule has 4 aromatic rings. The topological polar surface area (TPSA) is 141 Å². The predicted molar refractivity (Wildman–Crippen MR) is 198 cm³/mol. The molecule has 0 saturated carbocycles. The van der Waals surface area contributed by atoms with Crippen molar-refractivity contribution in [2.75, 3.05) is 14.2 Å². The van der Waals surface area contributed by atoms with E-state index in [2.05, 4.69) is 43.4 Å². The summed E-state index contributed by atoms with van der Waals surface area (Å²) < 4.78 is 32.8. The molecule has 54 heavy (non-hydrogen) atoms. The maximum atomic E-state index is 12.9. The number of methoxy groups -OCH3 is 2. The first-order valence-electron chi connectivity index (χ1n) is 15.8. The van der Waals surface area contributed by atoms with Crippen molar-refractivity contribution in [1.82, 2.24) is 0 Å². The van der Waals surface area contributed by atoms with Crippen LogP contribution < -0.4 is 28.4 Å². The molecule has 0 heterocycles. The van der Waals surface area contributed by atoms with Crippen LogP contribution in [0.5, 0.6) is 34.5 Å². The van der Waals surface area contributed by atoms with Gasteiger partial charge in [0.1, 0.15) is 22.6 Å². The summed E-state index contributed by atoms with van der Waals surface area (Å²) in [6, 6.07) is 20.1. The SMILES string of the molecule is C=CC(=O)Oc1ccc(C#Cc2c(OC)c(OC(=O)C(C)=O)c(C#Cc3ccc(-c4ccc(OC(=O)C=C)cc4)cc3)c(OC)c2OC(=O)C(=C)C)cc1. The summed E-state index contributed by atoms with van der Waals surface area (Å²) in [6.45, 7) is 12.9. The summed E-state index contributed by atoms with van der Waals surface area (Å²) in [5.41, 5.74) is 2.50. The van der Waals surface area contributed by atoms with Crippen LogP contribution in [0.3, 0.4) is 0 Å². The zero-order chi connectivity index (χ0) is 39.4. The smallest absolute Gasteiger partial charge is 0.379 e. The lowest BCUT2D eigenvalue weighted by Gasteiger charge is -2.19. The van der Waals surface area contributed by atoms with Gasteiger partial charge in [-0.2, -0.15) is 0 Å². The van der Waals surface area contributed by atoms with Crippen LogP contribution in [0.2, 0.25) is 0 Å². The van der Waals surface area contributed by atoms with Crippen LogP contribution in [-0.4, -0.2) is 43.9 Å². The molecule has 0 aromatic heterocycles. The van der Waals surface area contributed by atoms with E-state index in [0.29, 0.717) is 16.9 Å². The quantitative estimate of drug-likeness (QED) is 0.0564. The summed E-state index contributed by atoms with van der Waals surface area (Å²) in [6.07, 6.45) is 2.10. The third-order valence-corrected chi connectivity index (χ3v) is 7.12. The molecule has 0 unspecified atom stereocenters. The van der Waals surface area contributed by atoms with E-state index in [-0.39, 0.29) is 45.4 Å². The van der Waals surface area contributed by atoms with Gasteiger partial charge >= 0.3 is 23.9 Å². The normalized spacial score (nSPS) is 9.78. The Kier molecular flexibility index (Phi) is 13.1. The Labute approximate surface area is 311 Å². The van der Waals surface area contributed by atoms with Gasteiger partial charge in [0, 0.05) is 35.8 Å². The van der Waals surface area contributed by atoms with Gasteiger partial charge in [-0.05, 0) is 66.6 Å². The standard InChI is InChI=1S/C43H32O11/c1-8-36(45)51-32-20-12-29(13-21-32)15-25-34-39(50-7)41(54-43(48)27(5)44)35(38(49-6)40(34)53-42(47)26(3)4)24-14-28-10-16-30(17-11-28)31-18-22-33(23-19-31)52-37(46)9-2/h8-13,16-23H,1-3H2,4-7H3. The van der Waals surface area contributed by atoms with E-state index < -0.39 is 29.7 Å². The van der Waals surface area contributed by atoms with E-state index in [1.807, 2.05) is 12.1 Å². The van der Waals surface area contributed by atoms with Crippen molar-refractivity contribution < 1.29 is 52.4 Å². The molecule has 0 fully saturated rings. The number of hydrogen-bond donors (Lipinski definition) is 0. The van der Waals surface area contributed by atoms with E-state index in [1.165, 1.54) is 33.3 Å². The maximum absolute atomic E-state index is 12.9. The van der Waals surface area contributed by atoms with Crippen molar-refractivity contribution >= 4 is 29.7 Å². The number of hydrogen-bond acceptors (Lipinski definition) is 11. The van der Waals surface area contributed by atoms with E-state index >= 15 is 0 Å². The second-order valence-electron chi connectivity index (χ2n) is 11.0. The fourth-order valence-corrected chi connectivity index (χ4v) is 4.47. The van der Waals surface area contributed by atoms with Gasteiger partial charge in [-0.1, -0.05) is 67.7 Å². The third-order valence-electron chi connectivity index (χ3n) is 7.12. The zero-order valence-electron chi connectivity index (χ0n) is 29.7. The summed E-state index contributed by atoms with van der Waals surface area (Å²) in [7, 11) is 2.54. The largest absolute Gasteiger partial charge is 0.491 e. The number of carbonyl (C=O) groups is 5. The van der Waals surface area contributed by atoms with Crippen molar-refractivity contribution in [2.45, 2.75) is 13.8 Å². The Hall–Kier alpha value is -7.63. The Morgan fingerprint density at radius 1 is 0.519 bits per heavy atom. The number of ketones is 1. The molecule has 0 aliphatic heterocycles. The highest BCUT2D eigenvalue weighted by atomic mass is 16.6. The molecule has 11 nitrogen and oxygen atoms in total. The average Bonchev–Trinajstić information content (AvgIpc) is 3.17. The van der Waals surface area contributed by atoms with E-state index in [4.69, 9.17) is 28.4 Å². The van der Waals surface area contributed by atoms with Crippen LogP contribution in [0.4, 0.5) is 0 Å². The average molecular weight is 725 g/mol. The Balaban J connectivity index is 1.87. The maximum Gasteiger partial charge on any atom is 0.379 e. The van der Waals surface area contributed by atoms with Crippen molar-refractivity contribution in [3.63, 3.8) is 0 Å². The fraction of sp³-hybridized carbons (Fsp3) is 0.0930. The predicted octanol–water partition coefficient (Wildman–Crippen LogP) is 6.33. The highest BCUT2D eigenvalue weighted by Crippen LogP contribution is 2.48. The molecule has 0 N–H and O–H groups in total. The molecular weight excluding hydrogens is 692 g/mol. The summed E-state index contributed by atoms with van der Waals surface area (Å²) in [5.74, 6) is 7.22. The first-order valence-corrected chi connectivity index (χ1v) is 15.8. The molecule has 0 radical (unpaired) electrons. The van der Waals surface area contributed by atoms with Gasteiger partial charge in [0.25, 0.3) is 0 Å². The Morgan fingerprint density at radius 3 is 1.26 bits per heavy atom. The van der Waals surface area contributed by atoms with Gasteiger partial charge in [-0.15, -0.1) is 0 Å². The molecule has 4 rings (SSSR count). The number of ether oxygens (including phenoxy) is 6. The number of carbonyl (C=O) groups excluding carboxylic acids is 5. The lowest BCUT2D eigenvalue weighted by atomic mass is 10.0. The van der Waals surface area contributed by atoms with Crippen molar-refractivity contribution in [3.05, 3.63) is 133 Å². The third kappa shape index (κ3) is 9.78. The molecule has 4 aromatic carbocycles. The van der Waals surface area contributed by atoms with Crippen LogP contribution in [-0.2, 0) is 24.0 Å². The molecule has 0 aliphatic carbocycles. The number of benzene rings is 4. The fourth-order valence-electron chi connectivity index (χ4n) is 4.47.